The Balaban J connectivity index is 0.000000204. The highest BCUT2D eigenvalue weighted by molar-refractivity contribution is 6.27. The third-order valence-corrected chi connectivity index (χ3v) is 16.8. The number of hydrogen-bond donors (Lipinski definition) is 2. The third-order valence-electron chi connectivity index (χ3n) is 16.8. The molecule has 2 saturated carbocycles. The van der Waals surface area contributed by atoms with Crippen LogP contribution in [0, 0.1) is 82.9 Å². The number of fused-ring (bicyclic) bond motifs is 2. The number of nitrogens with zero attached hydrogens (tertiary/aromatic N) is 2. The second-order valence-electron chi connectivity index (χ2n) is 21.9. The summed E-state index contributed by atoms with van der Waals surface area (Å²) in [5, 5.41) is 23.4. The van der Waals surface area contributed by atoms with Crippen molar-refractivity contribution < 1.29 is 34.1 Å². The van der Waals surface area contributed by atoms with Gasteiger partial charge in [-0.1, -0.05) is 90.3 Å². The molecule has 16 unspecified atom stereocenters. The maximum absolute atomic E-state index is 13.3. The van der Waals surface area contributed by atoms with Crippen LogP contribution in [0.5, 0.6) is 0 Å². The quantitative estimate of drug-likeness (QED) is 0.0896. The summed E-state index contributed by atoms with van der Waals surface area (Å²) in [5.74, 6) is 1.74. The Bertz CT molecular complexity index is 1950. The number of aliphatic hydroxyl groups excluding tert-OH is 2. The minimum absolute atomic E-state index is 0.00189. The van der Waals surface area contributed by atoms with Crippen LogP contribution in [-0.2, 0) is 23.9 Å². The van der Waals surface area contributed by atoms with E-state index in [1.54, 1.807) is 14.1 Å². The number of rotatable bonds is 6. The van der Waals surface area contributed by atoms with Crippen LogP contribution in [0.15, 0.2) is 57.6 Å². The molecule has 0 bridgehead atoms. The van der Waals surface area contributed by atoms with Gasteiger partial charge in [-0.05, 0) is 126 Å². The molecule has 7 aliphatic rings. The highest BCUT2D eigenvalue weighted by atomic mass is 16.6. The maximum atomic E-state index is 13.3. The molecule has 0 aromatic carbocycles. The van der Waals surface area contributed by atoms with E-state index < -0.39 is 12.1 Å². The zero-order valence-corrected chi connectivity index (χ0v) is 40.2. The number of allylic oxidation sites excluding steroid dienone is 7. The van der Waals surface area contributed by atoms with Gasteiger partial charge in [-0.3, -0.25) is 19.2 Å². The topological polar surface area (TPSA) is 128 Å². The molecular weight excluding hydrogens is 765 g/mol. The van der Waals surface area contributed by atoms with Gasteiger partial charge in [0.15, 0.2) is 11.6 Å². The van der Waals surface area contributed by atoms with E-state index in [2.05, 4.69) is 80.5 Å². The normalized spacial score (nSPS) is 43.2. The van der Waals surface area contributed by atoms with Gasteiger partial charge < -0.3 is 24.7 Å². The number of epoxide rings is 1. The summed E-state index contributed by atoms with van der Waals surface area (Å²) in [6.45, 7) is 29.5. The van der Waals surface area contributed by atoms with Gasteiger partial charge in [-0.15, -0.1) is 0 Å². The molecule has 9 nitrogen and oxygen atoms in total. The van der Waals surface area contributed by atoms with Gasteiger partial charge in [0.1, 0.15) is 22.7 Å². The van der Waals surface area contributed by atoms with Gasteiger partial charge in [0, 0.05) is 37.8 Å². The lowest BCUT2D eigenvalue weighted by atomic mass is 9.54. The van der Waals surface area contributed by atoms with Crippen LogP contribution in [0.4, 0.5) is 0 Å². The second kappa shape index (κ2) is 17.3. The van der Waals surface area contributed by atoms with Crippen LogP contribution in [-0.4, -0.2) is 81.3 Å². The van der Waals surface area contributed by atoms with E-state index in [1.807, 2.05) is 34.6 Å². The minimum Gasteiger partial charge on any atom is -0.511 e. The Morgan fingerprint density at radius 1 is 0.721 bits per heavy atom. The summed E-state index contributed by atoms with van der Waals surface area (Å²) in [6, 6.07) is -0.995. The molecule has 2 N–H and O–H groups in total. The zero-order valence-electron chi connectivity index (χ0n) is 40.2. The van der Waals surface area contributed by atoms with Gasteiger partial charge in [0.05, 0.1) is 23.8 Å². The van der Waals surface area contributed by atoms with Crippen molar-refractivity contribution in [3.63, 3.8) is 0 Å². The smallest absolute Gasteiger partial charge is 0.261 e. The largest absolute Gasteiger partial charge is 0.511 e. The predicted molar refractivity (Wildman–Crippen MR) is 241 cm³/mol. The molecule has 4 aliphatic carbocycles. The molecule has 16 atom stereocenters. The average Bonchev–Trinajstić information content (AvgIpc) is 3.60. The van der Waals surface area contributed by atoms with Crippen LogP contribution < -0.4 is 0 Å². The van der Waals surface area contributed by atoms with Crippen molar-refractivity contribution in [3.05, 3.63) is 57.6 Å². The number of likely N-dealkylation sites (N-methyl/N-ethyl adjacent to an activating group) is 2. The van der Waals surface area contributed by atoms with E-state index in [4.69, 9.17) is 4.74 Å². The molecule has 3 saturated heterocycles. The van der Waals surface area contributed by atoms with Crippen molar-refractivity contribution in [2.75, 3.05) is 14.1 Å². The summed E-state index contributed by atoms with van der Waals surface area (Å²) >= 11 is 0. The molecule has 3 aliphatic heterocycles. The first kappa shape index (κ1) is 47.0. The SMILES string of the molecule is C/C=C(/C)C1C(C)=CC2CC(C)CC(C)C2C1/C(O)=C1/C(=O)C(C(C)C)N(C)C1=O.CC1=CC2CC(C)CC(C)C2C(/C(O)=C2/C(=O)C(C(C)C)N(C)C2=O)C1C1(C)OC1C. The van der Waals surface area contributed by atoms with Crippen molar-refractivity contribution in [2.45, 2.75) is 146 Å². The Labute approximate surface area is 367 Å². The maximum Gasteiger partial charge on any atom is 0.261 e. The second-order valence-corrected chi connectivity index (χ2v) is 21.9. The van der Waals surface area contributed by atoms with Crippen molar-refractivity contribution >= 4 is 23.4 Å². The summed E-state index contributed by atoms with van der Waals surface area (Å²) in [7, 11) is 3.36. The van der Waals surface area contributed by atoms with E-state index in [9.17, 15) is 29.4 Å². The molecule has 2 amide bonds. The molecule has 338 valence electrons. The van der Waals surface area contributed by atoms with Crippen molar-refractivity contribution in [3.8, 4) is 0 Å². The summed E-state index contributed by atoms with van der Waals surface area (Å²) in [6.07, 6.45) is 11.4. The number of Topliss-reactive ketones (excluding diaryl/α,β-unsaturated/α-hetero) is 2. The number of aliphatic hydroxyl groups is 2. The molecule has 0 radical (unpaired) electrons. The van der Waals surface area contributed by atoms with Crippen molar-refractivity contribution in [1.29, 1.82) is 0 Å². The first-order valence-electron chi connectivity index (χ1n) is 23.6. The fourth-order valence-electron chi connectivity index (χ4n) is 14.1. The molecule has 61 heavy (non-hydrogen) atoms. The number of amides is 2. The Morgan fingerprint density at radius 3 is 1.49 bits per heavy atom. The van der Waals surface area contributed by atoms with Gasteiger partial charge in [-0.2, -0.15) is 0 Å². The Morgan fingerprint density at radius 2 is 1.11 bits per heavy atom. The standard InChI is InChI=1S/C26H39NO4.C26H39NO3/c1-12(2)22-24(29)20(25(30)27(22)8)23(28)19-18-14(4)9-13(3)10-17(18)11-15(5)21(19)26(7)16(6)31-26;1-9-15(5)19-17(7)12-18-11-14(4)10-16(6)20(18)21(19)24(28)22-25(29)23(13(2)3)27(8)26(22)30/h11-14,16-19,21-22,28H,9-10H2,1-8H3;9,12-14,16,18-21,23,28H,10-11H2,1-8H3/b23-20+;15-9-,24-22+. The van der Waals surface area contributed by atoms with E-state index in [0.29, 0.717) is 35.5 Å². The number of hydrogen-bond acceptors (Lipinski definition) is 7. The number of carbonyl (C=O) groups is 4. The third kappa shape index (κ3) is 7.94. The Kier molecular flexibility index (Phi) is 13.3. The first-order valence-corrected chi connectivity index (χ1v) is 23.6. The van der Waals surface area contributed by atoms with Crippen LogP contribution >= 0.6 is 0 Å². The number of ketones is 2. The van der Waals surface area contributed by atoms with Crippen molar-refractivity contribution in [1.82, 2.24) is 9.80 Å². The molecule has 0 aromatic heterocycles. The summed E-state index contributed by atoms with van der Waals surface area (Å²) < 4.78 is 6.07. The zero-order chi connectivity index (χ0) is 45.5. The van der Waals surface area contributed by atoms with E-state index >= 15 is 0 Å². The number of carbonyl (C=O) groups excluding carboxylic acids is 4. The molecule has 0 aromatic rings. The van der Waals surface area contributed by atoms with E-state index in [0.717, 1.165) is 25.7 Å². The average molecular weight is 843 g/mol. The van der Waals surface area contributed by atoms with E-state index in [-0.39, 0.29) is 105 Å². The van der Waals surface area contributed by atoms with Crippen LogP contribution in [0.1, 0.15) is 123 Å². The predicted octanol–water partition coefficient (Wildman–Crippen LogP) is 9.85. The van der Waals surface area contributed by atoms with Gasteiger partial charge in [0.25, 0.3) is 11.8 Å². The monoisotopic (exact) mass is 843 g/mol. The van der Waals surface area contributed by atoms with Crippen LogP contribution in [0.25, 0.3) is 0 Å². The number of likely N-dealkylation sites (tertiary alicyclic amines) is 2. The molecule has 3 heterocycles. The molecule has 9 heteroatoms. The molecule has 0 spiro atoms. The summed E-state index contributed by atoms with van der Waals surface area (Å²) in [5.41, 5.74) is 3.34. The summed E-state index contributed by atoms with van der Waals surface area (Å²) in [4.78, 5) is 55.9. The molecule has 5 fully saturated rings. The van der Waals surface area contributed by atoms with Gasteiger partial charge in [0.2, 0.25) is 0 Å². The first-order chi connectivity index (χ1) is 28.4. The minimum atomic E-state index is -0.505. The van der Waals surface area contributed by atoms with Crippen LogP contribution in [0.3, 0.4) is 0 Å². The lowest BCUT2D eigenvalue weighted by Crippen LogP contribution is -2.47. The Hall–Kier alpha value is -3.46. The fraction of sp³-hybridized carbons (Fsp3) is 0.731. The molecule has 7 rings (SSSR count). The number of ether oxygens (including phenoxy) is 1. The van der Waals surface area contributed by atoms with Gasteiger partial charge >= 0.3 is 0 Å². The lowest BCUT2D eigenvalue weighted by molar-refractivity contribution is -0.126. The highest BCUT2D eigenvalue weighted by Crippen LogP contribution is 2.60. The van der Waals surface area contributed by atoms with Gasteiger partial charge in [-0.25, -0.2) is 0 Å². The molecular formula is C52H78N2O7. The lowest BCUT2D eigenvalue weighted by Gasteiger charge is -2.50. The fourth-order valence-corrected chi connectivity index (χ4v) is 14.1. The van der Waals surface area contributed by atoms with Crippen molar-refractivity contribution in [2.24, 2.45) is 82.9 Å². The van der Waals surface area contributed by atoms with E-state index in [1.165, 1.54) is 26.5 Å². The highest BCUT2D eigenvalue weighted by Gasteiger charge is 2.63. The van der Waals surface area contributed by atoms with Crippen LogP contribution in [0.2, 0.25) is 0 Å².